The van der Waals surface area contributed by atoms with Gasteiger partial charge in [0.2, 0.25) is 0 Å². The van der Waals surface area contributed by atoms with E-state index in [-0.39, 0.29) is 6.04 Å². The van der Waals surface area contributed by atoms with Crippen molar-refractivity contribution < 1.29 is 0 Å². The van der Waals surface area contributed by atoms with Gasteiger partial charge in [0, 0.05) is 16.9 Å². The van der Waals surface area contributed by atoms with Crippen LogP contribution in [0.4, 0.5) is 0 Å². The fourth-order valence-electron chi connectivity index (χ4n) is 2.28. The lowest BCUT2D eigenvalue weighted by Crippen LogP contribution is -2.23. The van der Waals surface area contributed by atoms with Gasteiger partial charge in [0.25, 0.3) is 0 Å². The lowest BCUT2D eigenvalue weighted by atomic mass is 9.95. The Kier molecular flexibility index (Phi) is 4.72. The van der Waals surface area contributed by atoms with Crippen LogP contribution in [0.25, 0.3) is 0 Å². The third kappa shape index (κ3) is 3.23. The predicted octanol–water partition coefficient (Wildman–Crippen LogP) is 4.16. The second kappa shape index (κ2) is 6.31. The molecule has 1 atom stereocenters. The number of aryl methyl sites for hydroxylation is 1. The summed E-state index contributed by atoms with van der Waals surface area (Å²) in [4.78, 5) is 4.31. The summed E-state index contributed by atoms with van der Waals surface area (Å²) in [5.74, 6) is 0. The molecule has 0 aliphatic heterocycles. The standard InChI is InChI=1S/C16H19BrN2/c1-4-19-16(13-8-11(2)9-18-10-13)14-6-5-7-15(17)12(14)3/h5-10,16,19H,4H2,1-3H3. The highest BCUT2D eigenvalue weighted by Crippen LogP contribution is 2.29. The number of hydrogen-bond acceptors (Lipinski definition) is 2. The topological polar surface area (TPSA) is 24.9 Å². The zero-order valence-electron chi connectivity index (χ0n) is 11.6. The molecule has 0 radical (unpaired) electrons. The van der Waals surface area contributed by atoms with E-state index < -0.39 is 0 Å². The lowest BCUT2D eigenvalue weighted by Gasteiger charge is -2.21. The van der Waals surface area contributed by atoms with Crippen LogP contribution in [0.3, 0.4) is 0 Å². The predicted molar refractivity (Wildman–Crippen MR) is 83.4 cm³/mol. The SMILES string of the molecule is CCNC(c1cncc(C)c1)c1cccc(Br)c1C. The van der Waals surface area contributed by atoms with Crippen LogP contribution in [0.2, 0.25) is 0 Å². The Morgan fingerprint density at radius 1 is 1.26 bits per heavy atom. The van der Waals surface area contributed by atoms with E-state index in [4.69, 9.17) is 0 Å². The first-order valence-corrected chi connectivity index (χ1v) is 7.32. The molecule has 1 aromatic carbocycles. The van der Waals surface area contributed by atoms with Crippen molar-refractivity contribution in [3.8, 4) is 0 Å². The molecule has 0 saturated heterocycles. The monoisotopic (exact) mass is 318 g/mol. The molecular formula is C16H19BrN2. The number of nitrogens with one attached hydrogen (secondary N) is 1. The fourth-order valence-corrected chi connectivity index (χ4v) is 2.67. The van der Waals surface area contributed by atoms with Gasteiger partial charge < -0.3 is 5.32 Å². The highest BCUT2D eigenvalue weighted by molar-refractivity contribution is 9.10. The maximum Gasteiger partial charge on any atom is 0.0594 e. The van der Waals surface area contributed by atoms with Crippen LogP contribution in [0.5, 0.6) is 0 Å². The van der Waals surface area contributed by atoms with Crippen molar-refractivity contribution in [2.75, 3.05) is 6.54 Å². The van der Waals surface area contributed by atoms with Gasteiger partial charge >= 0.3 is 0 Å². The Morgan fingerprint density at radius 3 is 2.74 bits per heavy atom. The van der Waals surface area contributed by atoms with Crippen LogP contribution < -0.4 is 5.32 Å². The van der Waals surface area contributed by atoms with E-state index in [2.05, 4.69) is 71.3 Å². The summed E-state index contributed by atoms with van der Waals surface area (Å²) in [7, 11) is 0. The van der Waals surface area contributed by atoms with E-state index in [1.54, 1.807) is 0 Å². The Morgan fingerprint density at radius 2 is 2.05 bits per heavy atom. The van der Waals surface area contributed by atoms with E-state index >= 15 is 0 Å². The van der Waals surface area contributed by atoms with Crippen molar-refractivity contribution in [3.05, 3.63) is 63.4 Å². The summed E-state index contributed by atoms with van der Waals surface area (Å²) in [5.41, 5.74) is 4.97. The van der Waals surface area contributed by atoms with Crippen molar-refractivity contribution >= 4 is 15.9 Å². The molecule has 0 aliphatic carbocycles. The molecule has 1 aromatic heterocycles. The van der Waals surface area contributed by atoms with Gasteiger partial charge in [-0.05, 0) is 48.7 Å². The Bertz CT molecular complexity index is 566. The summed E-state index contributed by atoms with van der Waals surface area (Å²) < 4.78 is 1.15. The number of rotatable bonds is 4. The molecule has 0 fully saturated rings. The van der Waals surface area contributed by atoms with E-state index in [1.807, 2.05) is 12.4 Å². The lowest BCUT2D eigenvalue weighted by molar-refractivity contribution is 0.625. The second-order valence-electron chi connectivity index (χ2n) is 4.74. The fraction of sp³-hybridized carbons (Fsp3) is 0.312. The molecule has 1 heterocycles. The maximum absolute atomic E-state index is 4.31. The maximum atomic E-state index is 4.31. The minimum absolute atomic E-state index is 0.190. The van der Waals surface area contributed by atoms with Gasteiger partial charge in [-0.15, -0.1) is 0 Å². The van der Waals surface area contributed by atoms with Gasteiger partial charge in [0.05, 0.1) is 6.04 Å². The van der Waals surface area contributed by atoms with Gasteiger partial charge in [0.15, 0.2) is 0 Å². The van der Waals surface area contributed by atoms with E-state index in [9.17, 15) is 0 Å². The van der Waals surface area contributed by atoms with Crippen molar-refractivity contribution in [1.82, 2.24) is 10.3 Å². The third-order valence-electron chi connectivity index (χ3n) is 3.26. The molecule has 19 heavy (non-hydrogen) atoms. The summed E-state index contributed by atoms with van der Waals surface area (Å²) in [5, 5.41) is 3.55. The van der Waals surface area contributed by atoms with Crippen molar-refractivity contribution in [1.29, 1.82) is 0 Å². The molecule has 0 saturated carbocycles. The molecule has 1 N–H and O–H groups in total. The number of hydrogen-bond donors (Lipinski definition) is 1. The van der Waals surface area contributed by atoms with Crippen LogP contribution in [0.1, 0.15) is 35.2 Å². The molecule has 100 valence electrons. The van der Waals surface area contributed by atoms with Gasteiger partial charge in [0.1, 0.15) is 0 Å². The number of aromatic nitrogens is 1. The van der Waals surface area contributed by atoms with Crippen molar-refractivity contribution in [3.63, 3.8) is 0 Å². The smallest absolute Gasteiger partial charge is 0.0594 e. The Hall–Kier alpha value is -1.19. The quantitative estimate of drug-likeness (QED) is 0.915. The first-order valence-electron chi connectivity index (χ1n) is 6.53. The molecule has 0 aliphatic rings. The largest absolute Gasteiger partial charge is 0.306 e. The van der Waals surface area contributed by atoms with Crippen LogP contribution in [-0.2, 0) is 0 Å². The molecular weight excluding hydrogens is 300 g/mol. The van der Waals surface area contributed by atoms with Crippen LogP contribution in [0.15, 0.2) is 41.1 Å². The highest BCUT2D eigenvalue weighted by Gasteiger charge is 2.16. The molecule has 0 bridgehead atoms. The normalized spacial score (nSPS) is 12.4. The van der Waals surface area contributed by atoms with Gasteiger partial charge in [-0.1, -0.05) is 41.1 Å². The average Bonchev–Trinajstić information content (AvgIpc) is 2.40. The molecule has 0 amide bonds. The van der Waals surface area contributed by atoms with Gasteiger partial charge in [-0.25, -0.2) is 0 Å². The summed E-state index contributed by atoms with van der Waals surface area (Å²) in [6, 6.07) is 8.72. The Balaban J connectivity index is 2.48. The zero-order valence-corrected chi connectivity index (χ0v) is 13.2. The molecule has 2 rings (SSSR count). The van der Waals surface area contributed by atoms with Crippen molar-refractivity contribution in [2.24, 2.45) is 0 Å². The molecule has 0 spiro atoms. The summed E-state index contributed by atoms with van der Waals surface area (Å²) >= 11 is 3.61. The minimum Gasteiger partial charge on any atom is -0.306 e. The molecule has 1 unspecified atom stereocenters. The molecule has 3 heteroatoms. The summed E-state index contributed by atoms with van der Waals surface area (Å²) in [6.45, 7) is 7.27. The average molecular weight is 319 g/mol. The highest BCUT2D eigenvalue weighted by atomic mass is 79.9. The van der Waals surface area contributed by atoms with Gasteiger partial charge in [-0.3, -0.25) is 4.98 Å². The first-order chi connectivity index (χ1) is 9.13. The number of benzene rings is 1. The second-order valence-corrected chi connectivity index (χ2v) is 5.59. The van der Waals surface area contributed by atoms with Crippen LogP contribution in [0, 0.1) is 13.8 Å². The van der Waals surface area contributed by atoms with Crippen LogP contribution in [-0.4, -0.2) is 11.5 Å². The Labute approximate surface area is 123 Å². The van der Waals surface area contributed by atoms with Crippen LogP contribution >= 0.6 is 15.9 Å². The molecule has 2 nitrogen and oxygen atoms in total. The third-order valence-corrected chi connectivity index (χ3v) is 4.12. The first kappa shape index (κ1) is 14.2. The van der Waals surface area contributed by atoms with E-state index in [0.717, 1.165) is 11.0 Å². The number of halogens is 1. The van der Waals surface area contributed by atoms with Gasteiger partial charge in [-0.2, -0.15) is 0 Å². The zero-order chi connectivity index (χ0) is 13.8. The number of pyridine rings is 1. The van der Waals surface area contributed by atoms with E-state index in [0.29, 0.717) is 0 Å². The minimum atomic E-state index is 0.190. The van der Waals surface area contributed by atoms with Crippen molar-refractivity contribution in [2.45, 2.75) is 26.8 Å². The summed E-state index contributed by atoms with van der Waals surface area (Å²) in [6.07, 6.45) is 3.83. The van der Waals surface area contributed by atoms with E-state index in [1.165, 1.54) is 22.3 Å². The number of nitrogens with zero attached hydrogens (tertiary/aromatic N) is 1. The molecule has 2 aromatic rings.